The Morgan fingerprint density at radius 3 is 2.74 bits per heavy atom. The number of aryl methyl sites for hydroxylation is 1. The lowest BCUT2D eigenvalue weighted by atomic mass is 10.1. The Bertz CT molecular complexity index is 575. The topological polar surface area (TPSA) is 72.0 Å². The molecule has 0 saturated heterocycles. The largest absolute Gasteiger partial charge is 0.366 e. The standard InChI is InChI=1S/C12H18ClN3O2S/c1-3-5-8(4-2)14-11-10-9(15-12(13)16-11)6-7-19(10,17)18/h8H,3-7H2,1-2H3,(H,14,15,16). The first-order chi connectivity index (χ1) is 8.97. The third-order valence-electron chi connectivity index (χ3n) is 3.30. The molecule has 0 fully saturated rings. The van der Waals surface area contributed by atoms with Crippen molar-refractivity contribution in [3.8, 4) is 0 Å². The van der Waals surface area contributed by atoms with Gasteiger partial charge in [-0.3, -0.25) is 0 Å². The molecule has 1 aromatic rings. The van der Waals surface area contributed by atoms with Crippen molar-refractivity contribution in [2.45, 2.75) is 50.5 Å². The van der Waals surface area contributed by atoms with Gasteiger partial charge >= 0.3 is 0 Å². The maximum Gasteiger partial charge on any atom is 0.224 e. The summed E-state index contributed by atoms with van der Waals surface area (Å²) in [4.78, 5) is 8.34. The fraction of sp³-hybridized carbons (Fsp3) is 0.667. The molecule has 0 saturated carbocycles. The Balaban J connectivity index is 2.41. The summed E-state index contributed by atoms with van der Waals surface area (Å²) < 4.78 is 24.1. The van der Waals surface area contributed by atoms with Crippen LogP contribution in [0.4, 0.5) is 5.82 Å². The molecule has 0 aromatic carbocycles. The molecular formula is C12H18ClN3O2S. The molecule has 1 aliphatic rings. The van der Waals surface area contributed by atoms with Crippen LogP contribution in [-0.4, -0.2) is 30.2 Å². The number of hydrogen-bond donors (Lipinski definition) is 1. The van der Waals surface area contributed by atoms with Crippen molar-refractivity contribution in [1.82, 2.24) is 9.97 Å². The van der Waals surface area contributed by atoms with Crippen LogP contribution in [0.5, 0.6) is 0 Å². The van der Waals surface area contributed by atoms with Gasteiger partial charge in [0, 0.05) is 12.5 Å². The summed E-state index contributed by atoms with van der Waals surface area (Å²) in [5, 5.41) is 3.31. The van der Waals surface area contributed by atoms with Gasteiger partial charge in [-0.1, -0.05) is 20.3 Å². The highest BCUT2D eigenvalue weighted by Crippen LogP contribution is 2.32. The number of aromatic nitrogens is 2. The average molecular weight is 304 g/mol. The van der Waals surface area contributed by atoms with E-state index in [1.165, 1.54) is 0 Å². The van der Waals surface area contributed by atoms with Gasteiger partial charge in [-0.15, -0.1) is 0 Å². The molecule has 1 N–H and O–H groups in total. The van der Waals surface area contributed by atoms with Gasteiger partial charge in [0.2, 0.25) is 5.28 Å². The van der Waals surface area contributed by atoms with E-state index in [0.717, 1.165) is 19.3 Å². The summed E-state index contributed by atoms with van der Waals surface area (Å²) in [6.07, 6.45) is 3.32. The fourth-order valence-corrected chi connectivity index (χ4v) is 4.07. The summed E-state index contributed by atoms with van der Waals surface area (Å²) >= 11 is 5.87. The maximum absolute atomic E-state index is 12.0. The molecule has 0 spiro atoms. The SMILES string of the molecule is CCCC(CC)Nc1nc(Cl)nc2c1S(=O)(=O)CC2. The van der Waals surface area contributed by atoms with E-state index >= 15 is 0 Å². The number of anilines is 1. The van der Waals surface area contributed by atoms with Crippen molar-refractivity contribution in [3.63, 3.8) is 0 Å². The lowest BCUT2D eigenvalue weighted by Gasteiger charge is -2.18. The van der Waals surface area contributed by atoms with E-state index in [1.807, 2.05) is 0 Å². The predicted molar refractivity (Wildman–Crippen MR) is 75.4 cm³/mol. The Labute approximate surface area is 118 Å². The molecule has 0 amide bonds. The van der Waals surface area contributed by atoms with Crippen LogP contribution >= 0.6 is 11.6 Å². The Morgan fingerprint density at radius 1 is 1.37 bits per heavy atom. The lowest BCUT2D eigenvalue weighted by molar-refractivity contribution is 0.597. The molecule has 2 rings (SSSR count). The summed E-state index contributed by atoms with van der Waals surface area (Å²) in [7, 11) is -3.27. The second-order valence-corrected chi connectivity index (χ2v) is 7.11. The lowest BCUT2D eigenvalue weighted by Crippen LogP contribution is -2.21. The molecule has 0 aliphatic carbocycles. The summed E-state index contributed by atoms with van der Waals surface area (Å²) in [5.74, 6) is 0.462. The highest BCUT2D eigenvalue weighted by atomic mass is 35.5. The van der Waals surface area contributed by atoms with Crippen molar-refractivity contribution >= 4 is 27.3 Å². The van der Waals surface area contributed by atoms with Crippen molar-refractivity contribution in [3.05, 3.63) is 11.0 Å². The van der Waals surface area contributed by atoms with Crippen LogP contribution in [0.15, 0.2) is 4.90 Å². The zero-order valence-electron chi connectivity index (χ0n) is 11.1. The van der Waals surface area contributed by atoms with E-state index in [2.05, 4.69) is 29.1 Å². The molecule has 19 heavy (non-hydrogen) atoms. The predicted octanol–water partition coefficient (Wildman–Crippen LogP) is 2.45. The zero-order valence-corrected chi connectivity index (χ0v) is 12.7. The summed E-state index contributed by atoms with van der Waals surface area (Å²) in [5.41, 5.74) is 0.536. The first kappa shape index (κ1) is 14.5. The average Bonchev–Trinajstić information content (AvgIpc) is 2.64. The minimum atomic E-state index is -3.27. The molecule has 0 bridgehead atoms. The van der Waals surface area contributed by atoms with E-state index in [0.29, 0.717) is 17.9 Å². The first-order valence-electron chi connectivity index (χ1n) is 6.53. The Morgan fingerprint density at radius 2 is 2.11 bits per heavy atom. The minimum Gasteiger partial charge on any atom is -0.366 e. The molecule has 5 nitrogen and oxygen atoms in total. The van der Waals surface area contributed by atoms with Crippen molar-refractivity contribution in [1.29, 1.82) is 0 Å². The maximum atomic E-state index is 12.0. The van der Waals surface area contributed by atoms with Crippen LogP contribution in [0, 0.1) is 0 Å². The molecule has 1 aliphatic heterocycles. The molecule has 1 atom stereocenters. The van der Waals surface area contributed by atoms with Crippen LogP contribution in [0.25, 0.3) is 0 Å². The van der Waals surface area contributed by atoms with Crippen LogP contribution in [0.3, 0.4) is 0 Å². The quantitative estimate of drug-likeness (QED) is 0.846. The second-order valence-electron chi connectivity index (χ2n) is 4.72. The van der Waals surface area contributed by atoms with Gasteiger partial charge in [-0.25, -0.2) is 13.4 Å². The third-order valence-corrected chi connectivity index (χ3v) is 5.26. The molecule has 106 valence electrons. The van der Waals surface area contributed by atoms with E-state index in [-0.39, 0.29) is 22.0 Å². The van der Waals surface area contributed by atoms with E-state index in [4.69, 9.17) is 11.6 Å². The van der Waals surface area contributed by atoms with Gasteiger partial charge in [0.1, 0.15) is 10.7 Å². The minimum absolute atomic E-state index is 0.0939. The normalized spacial score (nSPS) is 18.1. The second kappa shape index (κ2) is 5.63. The highest BCUT2D eigenvalue weighted by Gasteiger charge is 2.32. The summed E-state index contributed by atoms with van der Waals surface area (Å²) in [6.45, 7) is 4.16. The van der Waals surface area contributed by atoms with Crippen molar-refractivity contribution in [2.24, 2.45) is 0 Å². The van der Waals surface area contributed by atoms with Crippen molar-refractivity contribution in [2.75, 3.05) is 11.1 Å². The monoisotopic (exact) mass is 303 g/mol. The van der Waals surface area contributed by atoms with Crippen LogP contribution < -0.4 is 5.32 Å². The number of rotatable bonds is 5. The van der Waals surface area contributed by atoms with Gasteiger partial charge in [0.05, 0.1) is 11.4 Å². The third kappa shape index (κ3) is 3.00. The van der Waals surface area contributed by atoms with E-state index in [1.54, 1.807) is 0 Å². The summed E-state index contributed by atoms with van der Waals surface area (Å²) in [6, 6.07) is 0.205. The van der Waals surface area contributed by atoms with Gasteiger partial charge < -0.3 is 5.32 Å². The van der Waals surface area contributed by atoms with Gasteiger partial charge in [-0.05, 0) is 24.4 Å². The highest BCUT2D eigenvalue weighted by molar-refractivity contribution is 7.91. The molecular weight excluding hydrogens is 286 g/mol. The van der Waals surface area contributed by atoms with Gasteiger partial charge in [0.25, 0.3) is 0 Å². The van der Waals surface area contributed by atoms with Gasteiger partial charge in [0.15, 0.2) is 9.84 Å². The van der Waals surface area contributed by atoms with Crippen molar-refractivity contribution < 1.29 is 8.42 Å². The number of nitrogens with one attached hydrogen (secondary N) is 1. The zero-order chi connectivity index (χ0) is 14.0. The number of halogens is 1. The smallest absolute Gasteiger partial charge is 0.224 e. The van der Waals surface area contributed by atoms with Gasteiger partial charge in [-0.2, -0.15) is 4.98 Å². The number of hydrogen-bond acceptors (Lipinski definition) is 5. The number of fused-ring (bicyclic) bond motifs is 1. The van der Waals surface area contributed by atoms with Crippen LogP contribution in [0.2, 0.25) is 5.28 Å². The Kier molecular flexibility index (Phi) is 4.30. The van der Waals surface area contributed by atoms with Crippen LogP contribution in [0.1, 0.15) is 38.8 Å². The molecule has 0 radical (unpaired) electrons. The first-order valence-corrected chi connectivity index (χ1v) is 8.56. The Hall–Kier alpha value is -0.880. The molecule has 1 aromatic heterocycles. The van der Waals surface area contributed by atoms with E-state index in [9.17, 15) is 8.42 Å². The van der Waals surface area contributed by atoms with Crippen LogP contribution in [-0.2, 0) is 16.3 Å². The molecule has 2 heterocycles. The number of sulfone groups is 1. The molecule has 1 unspecified atom stereocenters. The van der Waals surface area contributed by atoms with E-state index < -0.39 is 9.84 Å². The number of nitrogens with zero attached hydrogens (tertiary/aromatic N) is 2. The molecule has 7 heteroatoms. The fourth-order valence-electron chi connectivity index (χ4n) is 2.31.